The average molecular weight is 296 g/mol. The van der Waals surface area contributed by atoms with Crippen molar-refractivity contribution in [2.45, 2.75) is 13.8 Å². The fourth-order valence-corrected chi connectivity index (χ4v) is 1.86. The van der Waals surface area contributed by atoms with Gasteiger partial charge in [-0.1, -0.05) is 0 Å². The van der Waals surface area contributed by atoms with E-state index in [1.807, 2.05) is 0 Å². The number of benzene rings is 1. The van der Waals surface area contributed by atoms with Crippen LogP contribution in [0.1, 0.15) is 11.1 Å². The topological polar surface area (TPSA) is 40.5 Å². The Labute approximate surface area is 87.5 Å². The number of hydrogen-bond donors (Lipinski definition) is 2. The van der Waals surface area contributed by atoms with Gasteiger partial charge in [0.05, 0.1) is 0 Å². The molecule has 0 fully saturated rings. The van der Waals surface area contributed by atoms with Gasteiger partial charge in [-0.3, -0.25) is 0 Å². The van der Waals surface area contributed by atoms with Gasteiger partial charge in [-0.2, -0.15) is 0 Å². The molecule has 0 saturated carbocycles. The van der Waals surface area contributed by atoms with E-state index >= 15 is 0 Å². The van der Waals surface area contributed by atoms with Crippen molar-refractivity contribution in [3.63, 3.8) is 0 Å². The van der Waals surface area contributed by atoms with Crippen LogP contribution >= 0.6 is 31.9 Å². The van der Waals surface area contributed by atoms with E-state index in [9.17, 15) is 10.2 Å². The minimum atomic E-state index is -0.0671. The third-order valence-electron chi connectivity index (χ3n) is 1.79. The molecule has 0 aliphatic carbocycles. The zero-order chi connectivity index (χ0) is 9.46. The lowest BCUT2D eigenvalue weighted by atomic mass is 10.1. The maximum atomic E-state index is 9.39. The minimum Gasteiger partial charge on any atom is -0.504 e. The molecule has 1 aromatic carbocycles. The van der Waals surface area contributed by atoms with Crippen LogP contribution in [0.25, 0.3) is 0 Å². The molecule has 66 valence electrons. The zero-order valence-corrected chi connectivity index (χ0v) is 9.82. The highest BCUT2D eigenvalue weighted by Crippen LogP contribution is 2.42. The van der Waals surface area contributed by atoms with Gasteiger partial charge < -0.3 is 10.2 Å². The van der Waals surface area contributed by atoms with Crippen LogP contribution in [0.4, 0.5) is 0 Å². The SMILES string of the molecule is Cc1c(O)c(O)c(C)c(Br)c1Br. The minimum absolute atomic E-state index is 0.0671. The molecule has 0 atom stereocenters. The van der Waals surface area contributed by atoms with E-state index in [1.165, 1.54) is 0 Å². The van der Waals surface area contributed by atoms with Gasteiger partial charge in [-0.05, 0) is 45.7 Å². The van der Waals surface area contributed by atoms with Crippen molar-refractivity contribution in [2.24, 2.45) is 0 Å². The van der Waals surface area contributed by atoms with Crippen LogP contribution < -0.4 is 0 Å². The molecule has 1 aromatic rings. The first kappa shape index (κ1) is 9.86. The predicted molar refractivity (Wildman–Crippen MR) is 54.6 cm³/mol. The number of phenolic OH excluding ortho intramolecular Hbond substituents is 2. The second-order valence-corrected chi connectivity index (χ2v) is 4.16. The molecule has 2 nitrogen and oxygen atoms in total. The quantitative estimate of drug-likeness (QED) is 0.722. The highest BCUT2D eigenvalue weighted by molar-refractivity contribution is 9.13. The van der Waals surface area contributed by atoms with Crippen LogP contribution in [0.5, 0.6) is 11.5 Å². The van der Waals surface area contributed by atoms with Crippen LogP contribution in [-0.4, -0.2) is 10.2 Å². The van der Waals surface area contributed by atoms with E-state index in [1.54, 1.807) is 13.8 Å². The molecule has 0 heterocycles. The summed E-state index contributed by atoms with van der Waals surface area (Å²) in [6.45, 7) is 3.45. The van der Waals surface area contributed by atoms with Crippen molar-refractivity contribution < 1.29 is 10.2 Å². The van der Waals surface area contributed by atoms with Crippen molar-refractivity contribution in [1.29, 1.82) is 0 Å². The Morgan fingerprint density at radius 1 is 0.833 bits per heavy atom. The van der Waals surface area contributed by atoms with Crippen LogP contribution in [0, 0.1) is 13.8 Å². The molecule has 1 rings (SSSR count). The third kappa shape index (κ3) is 1.33. The molecule has 0 aromatic heterocycles. The maximum Gasteiger partial charge on any atom is 0.161 e. The molecular formula is C8H8Br2O2. The van der Waals surface area contributed by atoms with E-state index in [4.69, 9.17) is 0 Å². The lowest BCUT2D eigenvalue weighted by Gasteiger charge is -2.10. The van der Waals surface area contributed by atoms with Gasteiger partial charge in [0.25, 0.3) is 0 Å². The van der Waals surface area contributed by atoms with Crippen molar-refractivity contribution in [1.82, 2.24) is 0 Å². The Kier molecular flexibility index (Phi) is 2.68. The normalized spacial score (nSPS) is 10.3. The predicted octanol–water partition coefficient (Wildman–Crippen LogP) is 3.24. The Morgan fingerprint density at radius 3 is 1.33 bits per heavy atom. The van der Waals surface area contributed by atoms with Crippen LogP contribution in [0.2, 0.25) is 0 Å². The van der Waals surface area contributed by atoms with Gasteiger partial charge >= 0.3 is 0 Å². The van der Waals surface area contributed by atoms with Gasteiger partial charge in [0.1, 0.15) is 0 Å². The monoisotopic (exact) mass is 294 g/mol. The van der Waals surface area contributed by atoms with Crippen LogP contribution in [-0.2, 0) is 0 Å². The Morgan fingerprint density at radius 2 is 1.08 bits per heavy atom. The summed E-state index contributed by atoms with van der Waals surface area (Å²) in [5.74, 6) is -0.134. The van der Waals surface area contributed by atoms with Gasteiger partial charge in [-0.25, -0.2) is 0 Å². The first-order valence-electron chi connectivity index (χ1n) is 3.33. The average Bonchev–Trinajstić information content (AvgIpc) is 2.08. The smallest absolute Gasteiger partial charge is 0.161 e. The molecular weight excluding hydrogens is 288 g/mol. The van der Waals surface area contributed by atoms with Gasteiger partial charge in [0.2, 0.25) is 0 Å². The van der Waals surface area contributed by atoms with E-state index < -0.39 is 0 Å². The van der Waals surface area contributed by atoms with Crippen LogP contribution in [0.15, 0.2) is 8.95 Å². The summed E-state index contributed by atoms with van der Waals surface area (Å²) in [6.07, 6.45) is 0. The number of aromatic hydroxyl groups is 2. The highest BCUT2D eigenvalue weighted by Gasteiger charge is 2.14. The lowest BCUT2D eigenvalue weighted by molar-refractivity contribution is 0.397. The summed E-state index contributed by atoms with van der Waals surface area (Å²) in [5, 5.41) is 18.8. The highest BCUT2D eigenvalue weighted by atomic mass is 79.9. The summed E-state index contributed by atoms with van der Waals surface area (Å²) >= 11 is 6.59. The van der Waals surface area contributed by atoms with E-state index in [-0.39, 0.29) is 11.5 Å². The zero-order valence-electron chi connectivity index (χ0n) is 6.65. The summed E-state index contributed by atoms with van der Waals surface area (Å²) in [6, 6.07) is 0. The second-order valence-electron chi connectivity index (χ2n) is 2.58. The fourth-order valence-electron chi connectivity index (χ4n) is 0.892. The molecule has 0 spiro atoms. The molecule has 12 heavy (non-hydrogen) atoms. The van der Waals surface area contributed by atoms with Gasteiger partial charge in [0.15, 0.2) is 11.5 Å². The lowest BCUT2D eigenvalue weighted by Crippen LogP contribution is -1.85. The summed E-state index contributed by atoms with van der Waals surface area (Å²) in [4.78, 5) is 0. The first-order chi connectivity index (χ1) is 5.46. The Bertz CT molecular complexity index is 229. The number of rotatable bonds is 0. The summed E-state index contributed by atoms with van der Waals surface area (Å²) in [7, 11) is 0. The Balaban J connectivity index is 3.60. The Hall–Kier alpha value is -0.220. The number of halogens is 2. The van der Waals surface area contributed by atoms with Crippen molar-refractivity contribution >= 4 is 31.9 Å². The number of phenols is 2. The summed E-state index contributed by atoms with van der Waals surface area (Å²) < 4.78 is 1.55. The molecule has 2 N–H and O–H groups in total. The molecule has 0 saturated heterocycles. The third-order valence-corrected chi connectivity index (χ3v) is 4.30. The molecule has 0 bridgehead atoms. The van der Waals surface area contributed by atoms with Crippen molar-refractivity contribution in [2.75, 3.05) is 0 Å². The molecule has 0 radical (unpaired) electrons. The molecule has 4 heteroatoms. The molecule has 0 aliphatic heterocycles. The van der Waals surface area contributed by atoms with E-state index in [2.05, 4.69) is 31.9 Å². The standard InChI is InChI=1S/C8H8Br2O2/c1-3-5(9)6(10)4(2)8(12)7(3)11/h11-12H,1-2H3. The largest absolute Gasteiger partial charge is 0.504 e. The van der Waals surface area contributed by atoms with E-state index in [0.29, 0.717) is 11.1 Å². The maximum absolute atomic E-state index is 9.39. The molecule has 0 unspecified atom stereocenters. The number of hydrogen-bond acceptors (Lipinski definition) is 2. The van der Waals surface area contributed by atoms with E-state index in [0.717, 1.165) is 8.95 Å². The van der Waals surface area contributed by atoms with Crippen LogP contribution in [0.3, 0.4) is 0 Å². The van der Waals surface area contributed by atoms with Gasteiger partial charge in [0, 0.05) is 20.1 Å². The van der Waals surface area contributed by atoms with Crippen molar-refractivity contribution in [3.8, 4) is 11.5 Å². The molecule has 0 aliphatic rings. The van der Waals surface area contributed by atoms with Crippen molar-refractivity contribution in [3.05, 3.63) is 20.1 Å². The second kappa shape index (κ2) is 3.26. The summed E-state index contributed by atoms with van der Waals surface area (Å²) in [5.41, 5.74) is 1.26. The molecule has 0 amide bonds. The first-order valence-corrected chi connectivity index (χ1v) is 4.91. The fraction of sp³-hybridized carbons (Fsp3) is 0.250. The van der Waals surface area contributed by atoms with Gasteiger partial charge in [-0.15, -0.1) is 0 Å².